The highest BCUT2D eigenvalue weighted by atomic mass is 31.1. The fourth-order valence-electron chi connectivity index (χ4n) is 3.02. The van der Waals surface area contributed by atoms with E-state index in [0.717, 1.165) is 24.6 Å². The van der Waals surface area contributed by atoms with Crippen LogP contribution in [0.5, 0.6) is 0 Å². The van der Waals surface area contributed by atoms with Crippen molar-refractivity contribution in [1.82, 2.24) is 10.7 Å². The molecule has 2 N–H and O–H groups in total. The van der Waals surface area contributed by atoms with Crippen molar-refractivity contribution in [3.8, 4) is 0 Å². The van der Waals surface area contributed by atoms with E-state index >= 15 is 0 Å². The number of nitrogens with zero attached hydrogens (tertiary/aromatic N) is 2. The molecular weight excluding hydrogens is 351 g/mol. The Morgan fingerprint density at radius 2 is 1.48 bits per heavy atom. The van der Waals surface area contributed by atoms with Gasteiger partial charge in [0, 0.05) is 12.1 Å². The average Bonchev–Trinajstić information content (AvgIpc) is 3.25. The van der Waals surface area contributed by atoms with Crippen LogP contribution in [0.4, 0.5) is 0 Å². The van der Waals surface area contributed by atoms with Crippen molar-refractivity contribution < 1.29 is 0 Å². The zero-order valence-corrected chi connectivity index (χ0v) is 15.8. The van der Waals surface area contributed by atoms with Crippen LogP contribution in [0.2, 0.25) is 0 Å². The zero-order valence-electron chi connectivity index (χ0n) is 14.9. The monoisotopic (exact) mass is 372 g/mol. The molecule has 1 aliphatic rings. The van der Waals surface area contributed by atoms with Crippen molar-refractivity contribution in [2.24, 2.45) is 10.1 Å². The van der Waals surface area contributed by atoms with Crippen LogP contribution in [0, 0.1) is 0 Å². The molecule has 0 amide bonds. The van der Waals surface area contributed by atoms with Gasteiger partial charge >= 0.3 is 0 Å². The number of benzene rings is 3. The maximum absolute atomic E-state index is 4.40. The quantitative estimate of drug-likeness (QED) is 0.410. The van der Waals surface area contributed by atoms with E-state index in [1.165, 1.54) is 15.9 Å². The molecule has 134 valence electrons. The summed E-state index contributed by atoms with van der Waals surface area (Å²) in [5.74, 6) is 0.733. The lowest BCUT2D eigenvalue weighted by Crippen LogP contribution is -2.30. The summed E-state index contributed by atoms with van der Waals surface area (Å²) >= 11 is 0. The van der Waals surface area contributed by atoms with Gasteiger partial charge in [-0.15, -0.1) is 0 Å². The Hall–Kier alpha value is -2.97. The van der Waals surface area contributed by atoms with Crippen LogP contribution >= 0.6 is 7.92 Å². The van der Waals surface area contributed by atoms with Crippen LogP contribution in [-0.4, -0.2) is 25.3 Å². The second-order valence-electron chi connectivity index (χ2n) is 6.09. The number of hydrogen-bond donors (Lipinski definition) is 2. The van der Waals surface area contributed by atoms with E-state index in [9.17, 15) is 0 Å². The van der Waals surface area contributed by atoms with E-state index in [2.05, 4.69) is 106 Å². The molecule has 0 saturated heterocycles. The molecule has 1 aliphatic heterocycles. The number of hydrazone groups is 1. The van der Waals surface area contributed by atoms with Crippen LogP contribution in [-0.2, 0) is 0 Å². The number of nitrogens with one attached hydrogen (secondary N) is 2. The molecule has 4 nitrogen and oxygen atoms in total. The van der Waals surface area contributed by atoms with Gasteiger partial charge < -0.3 is 5.32 Å². The molecule has 1 heterocycles. The Morgan fingerprint density at radius 3 is 2.11 bits per heavy atom. The maximum atomic E-state index is 4.40. The Balaban J connectivity index is 1.71. The van der Waals surface area contributed by atoms with Crippen LogP contribution in [0.25, 0.3) is 0 Å². The zero-order chi connectivity index (χ0) is 18.3. The second-order valence-corrected chi connectivity index (χ2v) is 8.28. The van der Waals surface area contributed by atoms with Crippen molar-refractivity contribution in [3.05, 3.63) is 90.5 Å². The first-order chi connectivity index (χ1) is 13.4. The molecule has 0 radical (unpaired) electrons. The van der Waals surface area contributed by atoms with Crippen LogP contribution in [0.3, 0.4) is 0 Å². The first-order valence-electron chi connectivity index (χ1n) is 8.98. The minimum Gasteiger partial charge on any atom is -0.353 e. The third-order valence-corrected chi connectivity index (χ3v) is 6.77. The van der Waals surface area contributed by atoms with Crippen LogP contribution in [0.15, 0.2) is 95.0 Å². The minimum absolute atomic E-state index is 0.658. The highest BCUT2D eigenvalue weighted by molar-refractivity contribution is 7.80. The Kier molecular flexibility index (Phi) is 5.56. The fraction of sp³-hybridized carbons (Fsp3) is 0.0909. The Morgan fingerprint density at radius 1 is 0.852 bits per heavy atom. The smallest absolute Gasteiger partial charge is 0.212 e. The first kappa shape index (κ1) is 17.4. The molecule has 0 spiro atoms. The Bertz CT molecular complexity index is 899. The molecule has 0 saturated carbocycles. The topological polar surface area (TPSA) is 48.8 Å². The van der Waals surface area contributed by atoms with Gasteiger partial charge in [-0.1, -0.05) is 84.9 Å². The summed E-state index contributed by atoms with van der Waals surface area (Å²) in [6, 6.07) is 29.9. The second kappa shape index (κ2) is 8.61. The predicted octanol–water partition coefficient (Wildman–Crippen LogP) is 2.33. The summed E-state index contributed by atoms with van der Waals surface area (Å²) in [5.41, 5.74) is 4.10. The molecule has 0 aliphatic carbocycles. The number of guanidine groups is 1. The van der Waals surface area contributed by atoms with Crippen molar-refractivity contribution in [2.45, 2.75) is 0 Å². The molecule has 3 aromatic carbocycles. The molecule has 0 bridgehead atoms. The Labute approximate surface area is 160 Å². The van der Waals surface area contributed by atoms with Crippen molar-refractivity contribution in [3.63, 3.8) is 0 Å². The molecule has 4 rings (SSSR count). The number of rotatable bonds is 5. The summed E-state index contributed by atoms with van der Waals surface area (Å²) in [6.45, 7) is 1.66. The van der Waals surface area contributed by atoms with Gasteiger partial charge in [0.25, 0.3) is 0 Å². The van der Waals surface area contributed by atoms with Gasteiger partial charge in [-0.3, -0.25) is 0 Å². The van der Waals surface area contributed by atoms with Gasteiger partial charge in [-0.05, 0) is 23.8 Å². The highest BCUT2D eigenvalue weighted by Crippen LogP contribution is 2.33. The normalized spacial score (nSPS) is 13.6. The van der Waals surface area contributed by atoms with Crippen LogP contribution in [0.1, 0.15) is 5.56 Å². The van der Waals surface area contributed by atoms with Gasteiger partial charge in [0.05, 0.1) is 12.8 Å². The van der Waals surface area contributed by atoms with Gasteiger partial charge in [-0.2, -0.15) is 5.10 Å². The fourth-order valence-corrected chi connectivity index (χ4v) is 5.44. The van der Waals surface area contributed by atoms with E-state index in [1.54, 1.807) is 0 Å². The molecule has 0 aromatic heterocycles. The lowest BCUT2D eigenvalue weighted by molar-refractivity contribution is 0.920. The van der Waals surface area contributed by atoms with Gasteiger partial charge in [0.1, 0.15) is 0 Å². The molecule has 0 unspecified atom stereocenters. The number of hydrogen-bond acceptors (Lipinski definition) is 4. The largest absolute Gasteiger partial charge is 0.353 e. The van der Waals surface area contributed by atoms with Crippen molar-refractivity contribution in [1.29, 1.82) is 0 Å². The SMILES string of the molecule is C(=N\NC1=NCCN1)/c1ccccc1P(c1ccccc1)c1ccccc1. The molecule has 27 heavy (non-hydrogen) atoms. The lowest BCUT2D eigenvalue weighted by Gasteiger charge is -2.21. The van der Waals surface area contributed by atoms with Gasteiger partial charge in [-0.25, -0.2) is 10.4 Å². The van der Waals surface area contributed by atoms with Crippen LogP contribution < -0.4 is 26.7 Å². The first-order valence-corrected chi connectivity index (χ1v) is 10.3. The van der Waals surface area contributed by atoms with E-state index in [0.29, 0.717) is 0 Å². The standard InChI is InChI=1S/C22H21N4P/c1-3-10-19(11-4-1)27(20-12-5-2-6-13-20)21-14-8-7-9-18(21)17-25-26-22-23-15-16-24-22/h1-14,17H,15-16H2,(H2,23,24,26)/b25-17+. The summed E-state index contributed by atoms with van der Waals surface area (Å²) in [4.78, 5) is 4.30. The lowest BCUT2D eigenvalue weighted by atomic mass is 10.2. The van der Waals surface area contributed by atoms with Crippen molar-refractivity contribution >= 4 is 36.0 Å². The third-order valence-electron chi connectivity index (χ3n) is 4.25. The summed E-state index contributed by atoms with van der Waals surface area (Å²) in [5, 5.41) is 11.5. The summed E-state index contributed by atoms with van der Waals surface area (Å²) in [7, 11) is -0.658. The van der Waals surface area contributed by atoms with E-state index in [-0.39, 0.29) is 0 Å². The van der Waals surface area contributed by atoms with E-state index in [1.807, 2.05) is 6.21 Å². The molecule has 3 aromatic rings. The summed E-state index contributed by atoms with van der Waals surface area (Å²) < 4.78 is 0. The van der Waals surface area contributed by atoms with E-state index < -0.39 is 7.92 Å². The average molecular weight is 372 g/mol. The highest BCUT2D eigenvalue weighted by Gasteiger charge is 2.18. The molecule has 0 fully saturated rings. The predicted molar refractivity (Wildman–Crippen MR) is 116 cm³/mol. The van der Waals surface area contributed by atoms with Gasteiger partial charge in [0.15, 0.2) is 0 Å². The van der Waals surface area contributed by atoms with Gasteiger partial charge in [0.2, 0.25) is 5.96 Å². The van der Waals surface area contributed by atoms with E-state index in [4.69, 9.17) is 0 Å². The molecule has 0 atom stereocenters. The molecule has 5 heteroatoms. The molecular formula is C22H21N4P. The summed E-state index contributed by atoms with van der Waals surface area (Å²) in [6.07, 6.45) is 1.89. The van der Waals surface area contributed by atoms with Crippen molar-refractivity contribution in [2.75, 3.05) is 13.1 Å². The number of aliphatic imine (C=N–C) groups is 1. The third kappa shape index (κ3) is 4.24. The maximum Gasteiger partial charge on any atom is 0.212 e. The minimum atomic E-state index is -0.658.